The maximum atomic E-state index is 2.67. The number of aryl methyl sites for hydroxylation is 1. The molecular formula is C18H28N2. The number of hydrogen-bond acceptors (Lipinski definition) is 2. The van der Waals surface area contributed by atoms with Crippen LogP contribution in [-0.4, -0.2) is 37.6 Å². The molecule has 2 nitrogen and oxygen atoms in total. The van der Waals surface area contributed by atoms with Crippen LogP contribution in [0, 0.1) is 19.8 Å². The number of rotatable bonds is 4. The monoisotopic (exact) mass is 272 g/mol. The van der Waals surface area contributed by atoms with Gasteiger partial charge in [-0.15, -0.1) is 0 Å². The molecule has 2 aliphatic rings. The molecule has 0 aromatic heterocycles. The standard InChI is InChI=1S/C18H28N2/c1-15-5-3-8-18(16(15)2)20-13-11-19(12-14-20)10-9-17-6-4-7-17/h3,5,8,17H,4,6-7,9-14H2,1-2H3. The van der Waals surface area contributed by atoms with Gasteiger partial charge in [-0.05, 0) is 49.9 Å². The third-order valence-corrected chi connectivity index (χ3v) is 5.37. The number of piperazine rings is 1. The van der Waals surface area contributed by atoms with Crippen LogP contribution in [-0.2, 0) is 0 Å². The summed E-state index contributed by atoms with van der Waals surface area (Å²) in [7, 11) is 0. The lowest BCUT2D eigenvalue weighted by atomic mass is 9.83. The van der Waals surface area contributed by atoms with Crippen molar-refractivity contribution in [1.29, 1.82) is 0 Å². The molecule has 2 heteroatoms. The lowest BCUT2D eigenvalue weighted by molar-refractivity contribution is 0.205. The van der Waals surface area contributed by atoms with Crippen molar-refractivity contribution in [1.82, 2.24) is 4.90 Å². The smallest absolute Gasteiger partial charge is 0.0399 e. The average molecular weight is 272 g/mol. The summed E-state index contributed by atoms with van der Waals surface area (Å²) in [6.45, 7) is 10.6. The van der Waals surface area contributed by atoms with Gasteiger partial charge in [-0.1, -0.05) is 31.4 Å². The Morgan fingerprint density at radius 2 is 1.80 bits per heavy atom. The van der Waals surface area contributed by atoms with Gasteiger partial charge in [0, 0.05) is 31.9 Å². The van der Waals surface area contributed by atoms with E-state index in [0.717, 1.165) is 5.92 Å². The first-order chi connectivity index (χ1) is 9.74. The van der Waals surface area contributed by atoms with E-state index in [2.05, 4.69) is 41.8 Å². The molecule has 110 valence electrons. The van der Waals surface area contributed by atoms with Crippen molar-refractivity contribution < 1.29 is 0 Å². The molecule has 1 aliphatic heterocycles. The lowest BCUT2D eigenvalue weighted by Crippen LogP contribution is -2.47. The summed E-state index contributed by atoms with van der Waals surface area (Å²) in [6, 6.07) is 6.70. The maximum absolute atomic E-state index is 2.67. The van der Waals surface area contributed by atoms with Crippen molar-refractivity contribution in [2.24, 2.45) is 5.92 Å². The van der Waals surface area contributed by atoms with E-state index in [1.54, 1.807) is 0 Å². The van der Waals surface area contributed by atoms with E-state index >= 15 is 0 Å². The second-order valence-electron chi connectivity index (χ2n) is 6.63. The van der Waals surface area contributed by atoms with Crippen LogP contribution in [0.25, 0.3) is 0 Å². The molecule has 1 saturated heterocycles. The highest BCUT2D eigenvalue weighted by atomic mass is 15.3. The van der Waals surface area contributed by atoms with Crippen LogP contribution in [0.4, 0.5) is 5.69 Å². The molecule has 1 aliphatic carbocycles. The van der Waals surface area contributed by atoms with E-state index in [9.17, 15) is 0 Å². The van der Waals surface area contributed by atoms with Gasteiger partial charge < -0.3 is 4.90 Å². The number of anilines is 1. The first kappa shape index (κ1) is 13.9. The van der Waals surface area contributed by atoms with Crippen LogP contribution in [0.3, 0.4) is 0 Å². The number of benzene rings is 1. The Bertz CT molecular complexity index is 443. The van der Waals surface area contributed by atoms with Gasteiger partial charge in [0.25, 0.3) is 0 Å². The molecule has 0 spiro atoms. The van der Waals surface area contributed by atoms with Crippen molar-refractivity contribution in [3.8, 4) is 0 Å². The number of nitrogens with zero attached hydrogens (tertiary/aromatic N) is 2. The van der Waals surface area contributed by atoms with E-state index in [4.69, 9.17) is 0 Å². The number of hydrogen-bond donors (Lipinski definition) is 0. The minimum absolute atomic E-state index is 1.05. The molecule has 0 unspecified atom stereocenters. The Kier molecular flexibility index (Phi) is 4.30. The zero-order chi connectivity index (χ0) is 13.9. The minimum atomic E-state index is 1.05. The second kappa shape index (κ2) is 6.17. The quantitative estimate of drug-likeness (QED) is 0.826. The SMILES string of the molecule is Cc1cccc(N2CCN(CCC3CCC3)CC2)c1C. The Morgan fingerprint density at radius 3 is 2.45 bits per heavy atom. The fourth-order valence-electron chi connectivity index (χ4n) is 3.44. The van der Waals surface area contributed by atoms with Gasteiger partial charge in [0.1, 0.15) is 0 Å². The predicted molar refractivity (Wildman–Crippen MR) is 86.5 cm³/mol. The molecular weight excluding hydrogens is 244 g/mol. The highest BCUT2D eigenvalue weighted by Gasteiger charge is 2.21. The predicted octanol–water partition coefficient (Wildman–Crippen LogP) is 3.62. The van der Waals surface area contributed by atoms with Crippen molar-refractivity contribution in [2.45, 2.75) is 39.5 Å². The third-order valence-electron chi connectivity index (χ3n) is 5.37. The average Bonchev–Trinajstić information content (AvgIpc) is 2.41. The van der Waals surface area contributed by atoms with Gasteiger partial charge in [0.05, 0.1) is 0 Å². The van der Waals surface area contributed by atoms with Crippen molar-refractivity contribution >= 4 is 5.69 Å². The zero-order valence-corrected chi connectivity index (χ0v) is 13.1. The van der Waals surface area contributed by atoms with E-state index in [0.29, 0.717) is 0 Å². The molecule has 1 heterocycles. The second-order valence-corrected chi connectivity index (χ2v) is 6.63. The molecule has 1 saturated carbocycles. The van der Waals surface area contributed by atoms with Crippen LogP contribution in [0.1, 0.15) is 36.8 Å². The van der Waals surface area contributed by atoms with Gasteiger partial charge in [-0.2, -0.15) is 0 Å². The van der Waals surface area contributed by atoms with E-state index < -0.39 is 0 Å². The topological polar surface area (TPSA) is 6.48 Å². The van der Waals surface area contributed by atoms with E-state index in [1.165, 1.54) is 75.2 Å². The highest BCUT2D eigenvalue weighted by molar-refractivity contribution is 5.56. The fraction of sp³-hybridized carbons (Fsp3) is 0.667. The van der Waals surface area contributed by atoms with Crippen LogP contribution < -0.4 is 4.90 Å². The third kappa shape index (κ3) is 3.01. The molecule has 1 aromatic carbocycles. The molecule has 0 radical (unpaired) electrons. The zero-order valence-electron chi connectivity index (χ0n) is 13.1. The molecule has 0 N–H and O–H groups in total. The summed E-state index contributed by atoms with van der Waals surface area (Å²) in [5.41, 5.74) is 4.31. The van der Waals surface area contributed by atoms with Crippen molar-refractivity contribution in [3.63, 3.8) is 0 Å². The van der Waals surface area contributed by atoms with Gasteiger partial charge in [0.15, 0.2) is 0 Å². The summed E-state index contributed by atoms with van der Waals surface area (Å²) in [5.74, 6) is 1.05. The Hall–Kier alpha value is -1.02. The first-order valence-electron chi connectivity index (χ1n) is 8.27. The molecule has 3 rings (SSSR count). The Balaban J connectivity index is 1.51. The molecule has 0 amide bonds. The summed E-state index contributed by atoms with van der Waals surface area (Å²) in [6.07, 6.45) is 5.89. The first-order valence-corrected chi connectivity index (χ1v) is 8.27. The van der Waals surface area contributed by atoms with Crippen molar-refractivity contribution in [2.75, 3.05) is 37.6 Å². The normalized spacial score (nSPS) is 21.0. The fourth-order valence-corrected chi connectivity index (χ4v) is 3.44. The van der Waals surface area contributed by atoms with Gasteiger partial charge >= 0.3 is 0 Å². The summed E-state index contributed by atoms with van der Waals surface area (Å²) in [5, 5.41) is 0. The molecule has 1 aromatic rings. The van der Waals surface area contributed by atoms with Crippen LogP contribution in [0.5, 0.6) is 0 Å². The maximum Gasteiger partial charge on any atom is 0.0399 e. The van der Waals surface area contributed by atoms with E-state index in [1.807, 2.05) is 0 Å². The molecule has 0 atom stereocenters. The summed E-state index contributed by atoms with van der Waals surface area (Å²) < 4.78 is 0. The Morgan fingerprint density at radius 1 is 1.05 bits per heavy atom. The van der Waals surface area contributed by atoms with Crippen LogP contribution in [0.2, 0.25) is 0 Å². The van der Waals surface area contributed by atoms with Crippen molar-refractivity contribution in [3.05, 3.63) is 29.3 Å². The largest absolute Gasteiger partial charge is 0.369 e. The van der Waals surface area contributed by atoms with Crippen LogP contribution in [0.15, 0.2) is 18.2 Å². The van der Waals surface area contributed by atoms with E-state index in [-0.39, 0.29) is 0 Å². The molecule has 20 heavy (non-hydrogen) atoms. The lowest BCUT2D eigenvalue weighted by Gasteiger charge is -2.38. The highest BCUT2D eigenvalue weighted by Crippen LogP contribution is 2.30. The molecule has 0 bridgehead atoms. The summed E-state index contributed by atoms with van der Waals surface area (Å²) >= 11 is 0. The minimum Gasteiger partial charge on any atom is -0.369 e. The van der Waals surface area contributed by atoms with Gasteiger partial charge in [0.2, 0.25) is 0 Å². The molecule has 2 fully saturated rings. The summed E-state index contributed by atoms with van der Waals surface area (Å²) in [4.78, 5) is 5.24. The van der Waals surface area contributed by atoms with Crippen LogP contribution >= 0.6 is 0 Å². The van der Waals surface area contributed by atoms with Gasteiger partial charge in [-0.3, -0.25) is 4.90 Å². The Labute approximate surface area is 123 Å². The van der Waals surface area contributed by atoms with Gasteiger partial charge in [-0.25, -0.2) is 0 Å².